The van der Waals surface area contributed by atoms with Crippen LogP contribution in [-0.2, 0) is 10.2 Å². The molecule has 0 radical (unpaired) electrons. The lowest BCUT2D eigenvalue weighted by Gasteiger charge is -2.32. The molecule has 1 aliphatic rings. The van der Waals surface area contributed by atoms with E-state index in [-0.39, 0.29) is 17.4 Å². The van der Waals surface area contributed by atoms with Crippen LogP contribution in [0.4, 0.5) is 5.69 Å². The van der Waals surface area contributed by atoms with Crippen molar-refractivity contribution in [1.82, 2.24) is 20.3 Å². The first-order chi connectivity index (χ1) is 14.8. The standard InChI is InChI=1S/C25H33N5O/c1-25(2,3)17-10-12-19(13-11-17)30(4)23(24(31)29-18-8-6-5-7-9-18)20-14-26-15-21-22(20)28-16-27-21/h10-16,18,23H,5-9H2,1-4H3,(H,27,28)(H,29,31). The van der Waals surface area contributed by atoms with Crippen molar-refractivity contribution in [3.05, 3.63) is 54.1 Å². The van der Waals surface area contributed by atoms with Crippen molar-refractivity contribution in [2.45, 2.75) is 70.4 Å². The highest BCUT2D eigenvalue weighted by atomic mass is 16.2. The molecule has 2 N–H and O–H groups in total. The number of aromatic amines is 1. The zero-order chi connectivity index (χ0) is 22.0. The fourth-order valence-electron chi connectivity index (χ4n) is 4.48. The van der Waals surface area contributed by atoms with Crippen LogP contribution < -0.4 is 10.2 Å². The fourth-order valence-corrected chi connectivity index (χ4v) is 4.48. The Balaban J connectivity index is 1.69. The van der Waals surface area contributed by atoms with E-state index in [1.165, 1.54) is 24.8 Å². The third-order valence-electron chi connectivity index (χ3n) is 6.38. The maximum Gasteiger partial charge on any atom is 0.247 e. The summed E-state index contributed by atoms with van der Waals surface area (Å²) < 4.78 is 0. The number of nitrogens with zero attached hydrogens (tertiary/aromatic N) is 3. The van der Waals surface area contributed by atoms with Gasteiger partial charge in [0.25, 0.3) is 0 Å². The summed E-state index contributed by atoms with van der Waals surface area (Å²) in [5.74, 6) is 0.00611. The zero-order valence-electron chi connectivity index (χ0n) is 19.0. The zero-order valence-corrected chi connectivity index (χ0v) is 19.0. The predicted molar refractivity (Wildman–Crippen MR) is 125 cm³/mol. The van der Waals surface area contributed by atoms with Gasteiger partial charge in [0, 0.05) is 30.5 Å². The first-order valence-electron chi connectivity index (χ1n) is 11.3. The molecule has 1 amide bonds. The molecule has 164 valence electrons. The van der Waals surface area contributed by atoms with Crippen LogP contribution in [0.2, 0.25) is 0 Å². The number of hydrogen-bond acceptors (Lipinski definition) is 4. The highest BCUT2D eigenvalue weighted by Gasteiger charge is 2.30. The molecule has 1 atom stereocenters. The van der Waals surface area contributed by atoms with Crippen LogP contribution in [0.1, 0.15) is 70.0 Å². The van der Waals surface area contributed by atoms with Gasteiger partial charge in [-0.05, 0) is 36.0 Å². The molecule has 1 aliphatic carbocycles. The molecule has 0 bridgehead atoms. The number of benzene rings is 1. The van der Waals surface area contributed by atoms with Crippen LogP contribution >= 0.6 is 0 Å². The molecule has 1 fully saturated rings. The molecule has 4 rings (SSSR count). The highest BCUT2D eigenvalue weighted by molar-refractivity contribution is 5.91. The quantitative estimate of drug-likeness (QED) is 0.618. The summed E-state index contributed by atoms with van der Waals surface area (Å²) in [5.41, 5.74) is 4.78. The smallest absolute Gasteiger partial charge is 0.247 e. The minimum atomic E-state index is -0.512. The lowest BCUT2D eigenvalue weighted by molar-refractivity contribution is -0.123. The van der Waals surface area contributed by atoms with Crippen LogP contribution in [-0.4, -0.2) is 33.9 Å². The average Bonchev–Trinajstić information content (AvgIpc) is 3.24. The third kappa shape index (κ3) is 4.58. The van der Waals surface area contributed by atoms with Gasteiger partial charge in [0.05, 0.1) is 23.6 Å². The van der Waals surface area contributed by atoms with E-state index in [1.807, 2.05) is 11.9 Å². The summed E-state index contributed by atoms with van der Waals surface area (Å²) in [6.45, 7) is 6.61. The molecule has 31 heavy (non-hydrogen) atoms. The number of pyridine rings is 1. The summed E-state index contributed by atoms with van der Waals surface area (Å²) >= 11 is 0. The Hall–Kier alpha value is -2.89. The fraction of sp³-hybridized carbons (Fsp3) is 0.480. The minimum absolute atomic E-state index is 0.00611. The van der Waals surface area contributed by atoms with Gasteiger partial charge < -0.3 is 15.2 Å². The number of carbonyl (C=O) groups excluding carboxylic acids is 1. The molecule has 1 aromatic carbocycles. The van der Waals surface area contributed by atoms with E-state index in [2.05, 4.69) is 65.3 Å². The summed E-state index contributed by atoms with van der Waals surface area (Å²) in [4.78, 5) is 27.6. The van der Waals surface area contributed by atoms with E-state index in [0.29, 0.717) is 0 Å². The van der Waals surface area contributed by atoms with Crippen molar-refractivity contribution in [2.24, 2.45) is 0 Å². The van der Waals surface area contributed by atoms with Crippen LogP contribution in [0, 0.1) is 0 Å². The molecule has 0 aliphatic heterocycles. The van der Waals surface area contributed by atoms with E-state index in [4.69, 9.17) is 0 Å². The first kappa shape index (κ1) is 21.3. The van der Waals surface area contributed by atoms with E-state index >= 15 is 0 Å². The second-order valence-electron chi connectivity index (χ2n) is 9.68. The number of fused-ring (bicyclic) bond motifs is 1. The molecule has 0 spiro atoms. The van der Waals surface area contributed by atoms with Gasteiger partial charge in [-0.15, -0.1) is 0 Å². The predicted octanol–water partition coefficient (Wildman–Crippen LogP) is 4.88. The summed E-state index contributed by atoms with van der Waals surface area (Å²) in [7, 11) is 1.97. The first-order valence-corrected chi connectivity index (χ1v) is 11.3. The number of amides is 1. The van der Waals surface area contributed by atoms with Gasteiger partial charge in [-0.1, -0.05) is 52.2 Å². The Kier molecular flexibility index (Phi) is 5.99. The van der Waals surface area contributed by atoms with Crippen LogP contribution in [0.25, 0.3) is 11.0 Å². The Bertz CT molecular complexity index is 1030. The van der Waals surface area contributed by atoms with Gasteiger partial charge in [0.1, 0.15) is 6.04 Å². The Labute approximate surface area is 184 Å². The van der Waals surface area contributed by atoms with Crippen LogP contribution in [0.15, 0.2) is 43.0 Å². The lowest BCUT2D eigenvalue weighted by Crippen LogP contribution is -2.44. The maximum absolute atomic E-state index is 13.6. The number of anilines is 1. The molecule has 2 heterocycles. The number of H-pyrrole nitrogens is 1. The van der Waals surface area contributed by atoms with Crippen molar-refractivity contribution in [3.63, 3.8) is 0 Å². The number of aromatic nitrogens is 3. The minimum Gasteiger partial charge on any atom is -0.359 e. The summed E-state index contributed by atoms with van der Waals surface area (Å²) in [6.07, 6.45) is 10.9. The SMILES string of the molecule is CN(c1ccc(C(C)(C)C)cc1)C(C(=O)NC1CCCCC1)c1cncc2[nH]cnc12. The normalized spacial score (nSPS) is 16.3. The Morgan fingerprint density at radius 3 is 2.52 bits per heavy atom. The molecular formula is C25H33N5O. The molecule has 2 aromatic heterocycles. The van der Waals surface area contributed by atoms with Crippen molar-refractivity contribution in [3.8, 4) is 0 Å². The second-order valence-corrected chi connectivity index (χ2v) is 9.68. The van der Waals surface area contributed by atoms with Crippen molar-refractivity contribution in [1.29, 1.82) is 0 Å². The van der Waals surface area contributed by atoms with Crippen LogP contribution in [0.5, 0.6) is 0 Å². The van der Waals surface area contributed by atoms with Gasteiger partial charge in [-0.2, -0.15) is 0 Å². The molecule has 6 heteroatoms. The van der Waals surface area contributed by atoms with Gasteiger partial charge >= 0.3 is 0 Å². The number of carbonyl (C=O) groups is 1. The molecule has 6 nitrogen and oxygen atoms in total. The van der Waals surface area contributed by atoms with Crippen molar-refractivity contribution >= 4 is 22.6 Å². The highest BCUT2D eigenvalue weighted by Crippen LogP contribution is 2.32. The number of nitrogens with one attached hydrogen (secondary N) is 2. The van der Waals surface area contributed by atoms with E-state index in [9.17, 15) is 4.79 Å². The monoisotopic (exact) mass is 419 g/mol. The molecule has 3 aromatic rings. The third-order valence-corrected chi connectivity index (χ3v) is 6.38. The topological polar surface area (TPSA) is 73.9 Å². The van der Waals surface area contributed by atoms with Crippen LogP contribution in [0.3, 0.4) is 0 Å². The molecule has 0 saturated heterocycles. The van der Waals surface area contributed by atoms with Gasteiger partial charge in [0.2, 0.25) is 5.91 Å². The lowest BCUT2D eigenvalue weighted by atomic mass is 9.87. The molecule has 1 unspecified atom stereocenters. The van der Waals surface area contributed by atoms with E-state index in [1.54, 1.807) is 18.7 Å². The maximum atomic E-state index is 13.6. The van der Waals surface area contributed by atoms with E-state index < -0.39 is 6.04 Å². The van der Waals surface area contributed by atoms with Gasteiger partial charge in [0.15, 0.2) is 0 Å². The number of rotatable bonds is 5. The Morgan fingerprint density at radius 2 is 1.84 bits per heavy atom. The van der Waals surface area contributed by atoms with Gasteiger partial charge in [-0.25, -0.2) is 4.98 Å². The van der Waals surface area contributed by atoms with Gasteiger partial charge in [-0.3, -0.25) is 9.78 Å². The summed E-state index contributed by atoms with van der Waals surface area (Å²) in [5, 5.41) is 3.31. The largest absolute Gasteiger partial charge is 0.359 e. The number of imidazole rings is 1. The molecular weight excluding hydrogens is 386 g/mol. The number of likely N-dealkylation sites (N-methyl/N-ethyl adjacent to an activating group) is 1. The average molecular weight is 420 g/mol. The number of hydrogen-bond donors (Lipinski definition) is 2. The van der Waals surface area contributed by atoms with E-state index in [0.717, 1.165) is 35.1 Å². The molecule has 1 saturated carbocycles. The van der Waals surface area contributed by atoms with Crippen molar-refractivity contribution < 1.29 is 4.79 Å². The summed E-state index contributed by atoms with van der Waals surface area (Å²) in [6, 6.07) is 8.22. The van der Waals surface area contributed by atoms with Crippen molar-refractivity contribution in [2.75, 3.05) is 11.9 Å². The Morgan fingerprint density at radius 1 is 1.13 bits per heavy atom. The second kappa shape index (κ2) is 8.69.